The van der Waals surface area contributed by atoms with Crippen LogP contribution in [0.2, 0.25) is 0 Å². The third-order valence-corrected chi connectivity index (χ3v) is 4.51. The van der Waals surface area contributed by atoms with Crippen molar-refractivity contribution in [2.45, 2.75) is 6.42 Å². The highest BCUT2D eigenvalue weighted by Crippen LogP contribution is 2.39. The molecule has 3 aromatic rings. The molecule has 2 heterocycles. The molecule has 0 fully saturated rings. The number of ether oxygens (including phenoxy) is 4. The number of fused-ring (bicyclic) bond motifs is 2. The van der Waals surface area contributed by atoms with Gasteiger partial charge < -0.3 is 24.1 Å². The van der Waals surface area contributed by atoms with E-state index in [0.29, 0.717) is 23.7 Å². The minimum absolute atomic E-state index is 0.0205. The van der Waals surface area contributed by atoms with E-state index in [-0.39, 0.29) is 13.4 Å². The molecule has 0 spiro atoms. The number of benzene rings is 2. The van der Waals surface area contributed by atoms with Crippen LogP contribution < -0.4 is 18.9 Å². The van der Waals surface area contributed by atoms with Gasteiger partial charge >= 0.3 is 0 Å². The maximum atomic E-state index is 9.60. The Balaban J connectivity index is 1.93. The Kier molecular flexibility index (Phi) is 4.26. The van der Waals surface area contributed by atoms with Crippen molar-refractivity contribution in [1.82, 2.24) is 4.98 Å². The van der Waals surface area contributed by atoms with E-state index in [9.17, 15) is 5.11 Å². The first kappa shape index (κ1) is 16.5. The Morgan fingerprint density at radius 1 is 1.04 bits per heavy atom. The number of hydrogen-bond donors (Lipinski definition) is 1. The molecule has 0 aliphatic carbocycles. The van der Waals surface area contributed by atoms with Gasteiger partial charge in [0.1, 0.15) is 0 Å². The minimum Gasteiger partial charge on any atom is -0.493 e. The fourth-order valence-corrected chi connectivity index (χ4v) is 3.26. The summed E-state index contributed by atoms with van der Waals surface area (Å²) in [5, 5.41) is 11.5. The molecule has 0 saturated heterocycles. The zero-order chi connectivity index (χ0) is 18.1. The van der Waals surface area contributed by atoms with E-state index in [1.807, 2.05) is 30.3 Å². The lowest BCUT2D eigenvalue weighted by molar-refractivity contribution is 0.174. The fourth-order valence-electron chi connectivity index (χ4n) is 3.26. The summed E-state index contributed by atoms with van der Waals surface area (Å²) in [6.07, 6.45) is 2.28. The van der Waals surface area contributed by atoms with E-state index in [1.54, 1.807) is 20.4 Å². The lowest BCUT2D eigenvalue weighted by Crippen LogP contribution is -2.00. The first-order valence-corrected chi connectivity index (χ1v) is 8.29. The molecule has 0 atom stereocenters. The fraction of sp³-hybridized carbons (Fsp3) is 0.250. The van der Waals surface area contributed by atoms with Crippen LogP contribution in [0.3, 0.4) is 0 Å². The average molecular weight is 353 g/mol. The molecule has 1 aliphatic heterocycles. The van der Waals surface area contributed by atoms with Crippen LogP contribution in [0.25, 0.3) is 22.0 Å². The molecule has 1 aromatic heterocycles. The number of methoxy groups -OCH3 is 2. The van der Waals surface area contributed by atoms with Crippen molar-refractivity contribution < 1.29 is 24.1 Å². The predicted octanol–water partition coefficient (Wildman–Crippen LogP) is 3.18. The average Bonchev–Trinajstić information content (AvgIpc) is 3.15. The van der Waals surface area contributed by atoms with Crippen LogP contribution in [0.4, 0.5) is 0 Å². The zero-order valence-electron chi connectivity index (χ0n) is 14.6. The van der Waals surface area contributed by atoms with Gasteiger partial charge in [0.25, 0.3) is 0 Å². The second-order valence-corrected chi connectivity index (χ2v) is 5.92. The topological polar surface area (TPSA) is 70.0 Å². The number of nitrogens with zero attached hydrogens (tertiary/aromatic N) is 1. The van der Waals surface area contributed by atoms with Gasteiger partial charge in [-0.05, 0) is 47.7 Å². The van der Waals surface area contributed by atoms with E-state index in [1.165, 1.54) is 0 Å². The van der Waals surface area contributed by atoms with Gasteiger partial charge in [0.15, 0.2) is 23.0 Å². The molecule has 0 saturated carbocycles. The van der Waals surface area contributed by atoms with Gasteiger partial charge in [0.2, 0.25) is 6.79 Å². The predicted molar refractivity (Wildman–Crippen MR) is 97.2 cm³/mol. The van der Waals surface area contributed by atoms with Crippen LogP contribution in [-0.2, 0) is 6.42 Å². The molecule has 6 heteroatoms. The lowest BCUT2D eigenvalue weighted by Gasteiger charge is -2.15. The van der Waals surface area contributed by atoms with Crippen molar-refractivity contribution in [2.75, 3.05) is 27.6 Å². The highest BCUT2D eigenvalue weighted by molar-refractivity contribution is 5.92. The Labute approximate surface area is 150 Å². The molecular formula is C20H19NO5. The van der Waals surface area contributed by atoms with Crippen LogP contribution in [0.5, 0.6) is 23.0 Å². The minimum atomic E-state index is 0.0205. The SMILES string of the molecule is COc1cc2cnc(-c3ccc4c(c3)OCO4)c(CCO)c2cc1OC. The molecule has 0 amide bonds. The number of hydrogen-bond acceptors (Lipinski definition) is 6. The number of pyridine rings is 1. The third-order valence-electron chi connectivity index (χ3n) is 4.51. The quantitative estimate of drug-likeness (QED) is 0.760. The second kappa shape index (κ2) is 6.72. The molecule has 0 unspecified atom stereocenters. The summed E-state index contributed by atoms with van der Waals surface area (Å²) in [5.41, 5.74) is 2.66. The van der Waals surface area contributed by atoms with E-state index < -0.39 is 0 Å². The molecule has 134 valence electrons. The Bertz CT molecular complexity index is 970. The number of rotatable bonds is 5. The summed E-state index contributed by atoms with van der Waals surface area (Å²) in [6.45, 7) is 0.247. The molecule has 4 rings (SSSR count). The lowest BCUT2D eigenvalue weighted by atomic mass is 9.97. The molecule has 0 bridgehead atoms. The smallest absolute Gasteiger partial charge is 0.231 e. The van der Waals surface area contributed by atoms with Crippen LogP contribution >= 0.6 is 0 Å². The maximum Gasteiger partial charge on any atom is 0.231 e. The van der Waals surface area contributed by atoms with Gasteiger partial charge in [0.05, 0.1) is 19.9 Å². The van der Waals surface area contributed by atoms with Crippen molar-refractivity contribution in [3.05, 3.63) is 42.1 Å². The summed E-state index contributed by atoms with van der Waals surface area (Å²) in [5.74, 6) is 2.71. The largest absolute Gasteiger partial charge is 0.493 e. The van der Waals surface area contributed by atoms with Crippen molar-refractivity contribution in [3.63, 3.8) is 0 Å². The van der Waals surface area contributed by atoms with Crippen molar-refractivity contribution in [1.29, 1.82) is 0 Å². The summed E-state index contributed by atoms with van der Waals surface area (Å²) in [7, 11) is 3.21. The van der Waals surface area contributed by atoms with Crippen LogP contribution in [-0.4, -0.2) is 37.7 Å². The van der Waals surface area contributed by atoms with Gasteiger partial charge in [-0.1, -0.05) is 0 Å². The third kappa shape index (κ3) is 2.68. The molecule has 2 aromatic carbocycles. The highest BCUT2D eigenvalue weighted by atomic mass is 16.7. The molecule has 1 aliphatic rings. The number of aromatic nitrogens is 1. The van der Waals surface area contributed by atoms with E-state index in [4.69, 9.17) is 18.9 Å². The van der Waals surface area contributed by atoms with E-state index >= 15 is 0 Å². The molecule has 1 N–H and O–H groups in total. The maximum absolute atomic E-state index is 9.60. The molecule has 6 nitrogen and oxygen atoms in total. The van der Waals surface area contributed by atoms with E-state index in [2.05, 4.69) is 4.98 Å². The number of aliphatic hydroxyl groups is 1. The van der Waals surface area contributed by atoms with Gasteiger partial charge in [-0.2, -0.15) is 0 Å². The van der Waals surface area contributed by atoms with Crippen molar-refractivity contribution in [3.8, 4) is 34.3 Å². The van der Waals surface area contributed by atoms with Gasteiger partial charge in [-0.3, -0.25) is 4.98 Å². The Morgan fingerprint density at radius 2 is 1.81 bits per heavy atom. The Hall–Kier alpha value is -2.99. The zero-order valence-corrected chi connectivity index (χ0v) is 14.6. The standard InChI is InChI=1S/C20H19NO5/c1-23-17-8-13-10-21-20(12-3-4-16-19(7-12)26-11-25-16)14(5-6-22)15(13)9-18(17)24-2/h3-4,7-10,22H,5-6,11H2,1-2H3. The molecule has 0 radical (unpaired) electrons. The Morgan fingerprint density at radius 3 is 2.58 bits per heavy atom. The summed E-state index contributed by atoms with van der Waals surface area (Å²) < 4.78 is 21.7. The second-order valence-electron chi connectivity index (χ2n) is 5.92. The van der Waals surface area contributed by atoms with Crippen LogP contribution in [0.1, 0.15) is 5.56 Å². The first-order chi connectivity index (χ1) is 12.7. The molecular weight excluding hydrogens is 334 g/mol. The normalized spacial score (nSPS) is 12.4. The van der Waals surface area contributed by atoms with Gasteiger partial charge in [-0.15, -0.1) is 0 Å². The van der Waals surface area contributed by atoms with Crippen molar-refractivity contribution >= 4 is 10.8 Å². The van der Waals surface area contributed by atoms with Gasteiger partial charge in [-0.25, -0.2) is 0 Å². The van der Waals surface area contributed by atoms with E-state index in [0.717, 1.165) is 33.3 Å². The summed E-state index contributed by atoms with van der Waals surface area (Å²) >= 11 is 0. The highest BCUT2D eigenvalue weighted by Gasteiger charge is 2.18. The van der Waals surface area contributed by atoms with Crippen molar-refractivity contribution in [2.24, 2.45) is 0 Å². The van der Waals surface area contributed by atoms with Crippen LogP contribution in [0, 0.1) is 0 Å². The first-order valence-electron chi connectivity index (χ1n) is 8.29. The van der Waals surface area contributed by atoms with Gasteiger partial charge in [0, 0.05) is 23.8 Å². The molecule has 26 heavy (non-hydrogen) atoms. The summed E-state index contributed by atoms with van der Waals surface area (Å²) in [4.78, 5) is 4.65. The summed E-state index contributed by atoms with van der Waals surface area (Å²) in [6, 6.07) is 9.56. The van der Waals surface area contributed by atoms with Crippen LogP contribution in [0.15, 0.2) is 36.5 Å². The monoisotopic (exact) mass is 353 g/mol. The number of aliphatic hydroxyl groups excluding tert-OH is 1.